The van der Waals surface area contributed by atoms with Crippen molar-refractivity contribution in [1.82, 2.24) is 0 Å². The molecule has 0 saturated carbocycles. The van der Waals surface area contributed by atoms with E-state index in [0.29, 0.717) is 0 Å². The summed E-state index contributed by atoms with van der Waals surface area (Å²) in [6, 6.07) is 0. The van der Waals surface area contributed by atoms with Gasteiger partial charge in [0.25, 0.3) is 0 Å². The van der Waals surface area contributed by atoms with Gasteiger partial charge in [0.15, 0.2) is 0 Å². The first-order valence-corrected chi connectivity index (χ1v) is 27.3. The van der Waals surface area contributed by atoms with E-state index >= 15 is 0 Å². The predicted molar refractivity (Wildman–Crippen MR) is 249 cm³/mol. The molecule has 0 fully saturated rings. The van der Waals surface area contributed by atoms with Crippen LogP contribution in [0.25, 0.3) is 0 Å². The maximum absolute atomic E-state index is 11.5. The van der Waals surface area contributed by atoms with Crippen molar-refractivity contribution in [1.29, 1.82) is 0 Å². The smallest absolute Gasteiger partial charge is 0.744 e. The Morgan fingerprint density at radius 2 is 0.338 bits per heavy atom. The van der Waals surface area contributed by atoms with Gasteiger partial charge in [-0.05, 0) is 72.9 Å². The fraction of sp³-hybridized carbons (Fsp3) is 0.167. The zero-order valence-corrected chi connectivity index (χ0v) is 48.3. The second kappa shape index (κ2) is 22.5. The van der Waals surface area contributed by atoms with E-state index in [1.807, 2.05) is 0 Å². The first kappa shape index (κ1) is 67.9. The molecule has 398 valence electrons. The van der Waals surface area contributed by atoms with Crippen molar-refractivity contribution >= 4 is 60.7 Å². The monoisotopic (exact) mass is 1400 g/mol. The summed E-state index contributed by atoms with van der Waals surface area (Å²) in [5, 5.41) is 0. The van der Waals surface area contributed by atoms with Crippen molar-refractivity contribution in [2.75, 3.05) is 0 Å². The van der Waals surface area contributed by atoms with E-state index in [1.165, 1.54) is 0 Å². The molecule has 2 radical (unpaired) electrons. The Labute approximate surface area is 491 Å². The van der Waals surface area contributed by atoms with Crippen LogP contribution in [0.2, 0.25) is 0 Å². The molecule has 6 aliphatic carbocycles. The van der Waals surface area contributed by atoms with E-state index in [0.717, 1.165) is 109 Å². The molecule has 6 aliphatic rings. The minimum atomic E-state index is -5.07. The molecule has 0 aromatic carbocycles. The van der Waals surface area contributed by atoms with Gasteiger partial charge in [-0.3, -0.25) is 0 Å². The van der Waals surface area contributed by atoms with Crippen molar-refractivity contribution in [2.24, 2.45) is 68.8 Å². The van der Waals surface area contributed by atoms with E-state index < -0.39 is 124 Å². The summed E-state index contributed by atoms with van der Waals surface area (Å²) in [6.07, 6.45) is 17.6. The molecule has 0 atom stereocenters. The van der Waals surface area contributed by atoms with Gasteiger partial charge in [-0.25, -0.2) is 50.5 Å². The van der Waals surface area contributed by atoms with Crippen LogP contribution in [-0.4, -0.2) is 112 Å². The molecule has 38 heteroatoms. The second-order valence-electron chi connectivity index (χ2n) is 16.3. The third-order valence-electron chi connectivity index (χ3n) is 9.60. The van der Waals surface area contributed by atoms with E-state index in [1.54, 1.807) is 0 Å². The van der Waals surface area contributed by atoms with Crippen molar-refractivity contribution in [3.63, 3.8) is 0 Å². The third-order valence-corrected chi connectivity index (χ3v) is 14.9. The van der Waals surface area contributed by atoms with Crippen LogP contribution < -0.4 is 68.8 Å². The van der Waals surface area contributed by atoms with E-state index in [4.69, 9.17) is 68.8 Å². The summed E-state index contributed by atoms with van der Waals surface area (Å²) in [6.45, 7) is 0. The van der Waals surface area contributed by atoms with E-state index in [2.05, 4.69) is 0 Å². The second-order valence-corrected chi connectivity index (χ2v) is 24.3. The molecule has 0 bridgehead atoms. The molecule has 0 aromatic heterocycles. The molecule has 0 unspecified atom stereocenters. The molecule has 24 N–H and O–H groups in total. The van der Waals surface area contributed by atoms with Gasteiger partial charge >= 0.3 is 83.5 Å². The summed E-state index contributed by atoms with van der Waals surface area (Å²) in [5.41, 5.74) is 54.1. The fourth-order valence-corrected chi connectivity index (χ4v) is 11.3. The van der Waals surface area contributed by atoms with Gasteiger partial charge in [-0.2, -0.15) is 0 Å². The van der Waals surface area contributed by atoms with Crippen molar-refractivity contribution in [2.45, 2.75) is 34.0 Å². The quantitative estimate of drug-likeness (QED) is 0.0868. The summed E-state index contributed by atoms with van der Waals surface area (Å²) < 4.78 is 207. The number of allylic oxidation sites excluding steroid dienone is 12. The fourth-order valence-electron chi connectivity index (χ4n) is 6.55. The minimum Gasteiger partial charge on any atom is -0.744 e. The maximum atomic E-state index is 11.5. The molecular weight excluding hydrogens is 1360 g/mol. The average molecular weight is 1400 g/mol. The largest absolute Gasteiger partial charge is 3.00 e. The number of hydrogen-bond donors (Lipinski definition) is 12. The summed E-state index contributed by atoms with van der Waals surface area (Å²) in [4.78, 5) is -5.13. The topological polar surface area (TPSA) is 655 Å². The third kappa shape index (κ3) is 17.9. The molecule has 0 spiro atoms. The molecule has 0 amide bonds. The predicted octanol–water partition coefficient (Wildman–Crippen LogP) is -7.48. The van der Waals surface area contributed by atoms with Gasteiger partial charge in [0.05, 0.1) is 29.4 Å². The van der Waals surface area contributed by atoms with Crippen LogP contribution in [0.4, 0.5) is 0 Å². The van der Waals surface area contributed by atoms with Gasteiger partial charge in [0.1, 0.15) is 94.7 Å². The Morgan fingerprint density at radius 3 is 0.419 bits per heavy atom. The normalized spacial score (nSPS) is 25.4. The SMILES string of the molecule is NC1(N)C=CC(=C2C=CC(N)(N)C=C2S(=O)(=O)[O-])C(S(=O)(=O)[O-])=C1.NC1(N)C=CC(=C2C=CC(N)(N)C=C2S(=O)(=O)[O-])C(S(=O)(=O)[O-])=C1.NC1(N)C=CC(=C2C=CC(N)(N)C=C2S(=O)(=O)[O-])C(S(=O)(=O)[O-])=C1.[Ce+3].[Ce+3]. The van der Waals surface area contributed by atoms with Crippen molar-refractivity contribution in [3.05, 3.63) is 172 Å². The van der Waals surface area contributed by atoms with Crippen molar-refractivity contribution in [3.8, 4) is 0 Å². The zero-order chi connectivity index (χ0) is 55.7. The van der Waals surface area contributed by atoms with Gasteiger partial charge in [0, 0.05) is 33.4 Å². The van der Waals surface area contributed by atoms with Crippen LogP contribution in [0.1, 0.15) is 0 Å². The van der Waals surface area contributed by atoms with E-state index in [9.17, 15) is 77.8 Å². The Balaban J connectivity index is 0.000000375. The van der Waals surface area contributed by atoms with Crippen LogP contribution in [-0.2, 0) is 60.7 Å². The molecular formula is C36H42Ce2N12O18S6. The van der Waals surface area contributed by atoms with Crippen LogP contribution in [0.15, 0.2) is 172 Å². The zero-order valence-electron chi connectivity index (χ0n) is 37.1. The number of rotatable bonds is 6. The van der Waals surface area contributed by atoms with E-state index in [-0.39, 0.29) is 117 Å². The van der Waals surface area contributed by atoms with Gasteiger partial charge in [0.2, 0.25) is 0 Å². The summed E-state index contributed by atoms with van der Waals surface area (Å²) in [7, 11) is -30.4. The first-order valence-electron chi connectivity index (χ1n) is 18.9. The summed E-state index contributed by atoms with van der Waals surface area (Å²) in [5.74, 6) is 0. The van der Waals surface area contributed by atoms with Gasteiger partial charge in [-0.15, -0.1) is 0 Å². The first-order chi connectivity index (χ1) is 31.9. The van der Waals surface area contributed by atoms with Crippen LogP contribution in [0.3, 0.4) is 0 Å². The number of nitrogens with two attached hydrogens (primary N) is 12. The van der Waals surface area contributed by atoms with Crippen molar-refractivity contribution < 1.29 is 161 Å². The Kier molecular flexibility index (Phi) is 20.7. The Bertz CT molecular complexity index is 3000. The molecule has 30 nitrogen and oxygen atoms in total. The Hall–Kier alpha value is -2.17. The number of hydrogen-bond acceptors (Lipinski definition) is 30. The van der Waals surface area contributed by atoms with Crippen LogP contribution >= 0.6 is 0 Å². The standard InChI is InChI=1S/3C12H16N4O6S2.2Ce/c3*13-11(14)3-1-7(9(5-11)23(17,18)19)8-2-4-12(15,16)6-10(8)24(20,21)22;;/h3*1-6H,13-16H2,(H,17,18,19)(H,20,21,22);;/q;;;2*+3/p-6. The minimum absolute atomic E-state index is 0. The molecule has 0 aromatic rings. The maximum Gasteiger partial charge on any atom is 3.00 e. The molecule has 0 saturated heterocycles. The molecule has 74 heavy (non-hydrogen) atoms. The molecule has 0 heterocycles. The Morgan fingerprint density at radius 1 is 0.243 bits per heavy atom. The van der Waals surface area contributed by atoms with Crippen LogP contribution in [0.5, 0.6) is 0 Å². The summed E-state index contributed by atoms with van der Waals surface area (Å²) >= 11 is 0. The van der Waals surface area contributed by atoms with Gasteiger partial charge in [-0.1, -0.05) is 36.5 Å². The molecule has 6 rings (SSSR count). The van der Waals surface area contributed by atoms with Gasteiger partial charge < -0.3 is 96.1 Å². The average Bonchev–Trinajstić information content (AvgIpc) is 3.15. The van der Waals surface area contributed by atoms with Crippen LogP contribution in [0, 0.1) is 83.5 Å². The molecule has 0 aliphatic heterocycles.